The third-order valence-corrected chi connectivity index (χ3v) is 8.04. The zero-order valence-electron chi connectivity index (χ0n) is 22.0. The van der Waals surface area contributed by atoms with E-state index in [9.17, 15) is 24.2 Å². The van der Waals surface area contributed by atoms with E-state index in [0.717, 1.165) is 11.6 Å². The molecule has 2 aliphatic rings. The number of benzene rings is 2. The quantitative estimate of drug-likeness (QED) is 0.459. The molecule has 9 nitrogen and oxygen atoms in total. The van der Waals surface area contributed by atoms with Crippen LogP contribution in [0.25, 0.3) is 11.0 Å². The largest absolute Gasteiger partial charge is 0.496 e. The van der Waals surface area contributed by atoms with Crippen LogP contribution >= 0.6 is 0 Å². The number of carboxylic acids is 1. The van der Waals surface area contributed by atoms with Crippen LogP contribution in [0.3, 0.4) is 0 Å². The van der Waals surface area contributed by atoms with Crippen LogP contribution in [0, 0.1) is 17.6 Å². The number of hydrogen-bond donors (Lipinski definition) is 2. The number of methoxy groups -OCH3 is 2. The molecule has 5 rings (SSSR count). The lowest BCUT2D eigenvalue weighted by molar-refractivity contribution is -0.143. The first-order chi connectivity index (χ1) is 18.7. The summed E-state index contributed by atoms with van der Waals surface area (Å²) in [7, 11) is 2.61. The molecule has 2 N–H and O–H groups in total. The van der Waals surface area contributed by atoms with Gasteiger partial charge in [-0.05, 0) is 63.3 Å². The van der Waals surface area contributed by atoms with Crippen molar-refractivity contribution in [3.63, 3.8) is 0 Å². The van der Waals surface area contributed by atoms with Gasteiger partial charge in [0.25, 0.3) is 0 Å². The van der Waals surface area contributed by atoms with Crippen molar-refractivity contribution in [3.8, 4) is 5.75 Å². The Morgan fingerprint density at radius 3 is 2.59 bits per heavy atom. The zero-order chi connectivity index (χ0) is 28.0. The summed E-state index contributed by atoms with van der Waals surface area (Å²) in [5.41, 5.74) is 2.13. The van der Waals surface area contributed by atoms with E-state index in [1.165, 1.54) is 20.3 Å². The third kappa shape index (κ3) is 4.48. The number of imidazole rings is 1. The van der Waals surface area contributed by atoms with Crippen molar-refractivity contribution in [2.75, 3.05) is 19.1 Å². The highest BCUT2D eigenvalue weighted by Crippen LogP contribution is 2.43. The summed E-state index contributed by atoms with van der Waals surface area (Å²) in [6, 6.07) is 5.26. The van der Waals surface area contributed by atoms with Crippen molar-refractivity contribution < 1.29 is 38.1 Å². The molecule has 0 saturated heterocycles. The van der Waals surface area contributed by atoms with Crippen molar-refractivity contribution in [2.45, 2.75) is 63.6 Å². The van der Waals surface area contributed by atoms with E-state index in [0.29, 0.717) is 55.2 Å². The van der Waals surface area contributed by atoms with Crippen LogP contribution in [0.2, 0.25) is 0 Å². The summed E-state index contributed by atoms with van der Waals surface area (Å²) < 4.78 is 41.4. The Labute approximate surface area is 224 Å². The summed E-state index contributed by atoms with van der Waals surface area (Å²) in [5, 5.41) is 21.3. The molecule has 4 atom stereocenters. The van der Waals surface area contributed by atoms with Gasteiger partial charge in [0.15, 0.2) is 11.6 Å². The molecule has 208 valence electrons. The molecule has 1 aromatic heterocycles. The molecule has 11 heteroatoms. The first-order valence-electron chi connectivity index (χ1n) is 13.0. The van der Waals surface area contributed by atoms with E-state index in [1.807, 2.05) is 6.92 Å². The normalized spacial score (nSPS) is 21.9. The number of aryl methyl sites for hydroxylation is 1. The lowest BCUT2D eigenvalue weighted by Crippen LogP contribution is -2.42. The zero-order valence-corrected chi connectivity index (χ0v) is 22.0. The predicted molar refractivity (Wildman–Crippen MR) is 138 cm³/mol. The van der Waals surface area contributed by atoms with Gasteiger partial charge in [-0.1, -0.05) is 6.42 Å². The molecule has 1 fully saturated rings. The number of aliphatic hydroxyl groups excluding tert-OH is 1. The maximum Gasteiger partial charge on any atom is 0.414 e. The van der Waals surface area contributed by atoms with Gasteiger partial charge in [-0.15, -0.1) is 0 Å². The number of amides is 1. The fourth-order valence-electron chi connectivity index (χ4n) is 6.10. The number of aliphatic hydroxyl groups is 1. The molecular weight excluding hydrogens is 512 g/mol. The second kappa shape index (κ2) is 10.4. The summed E-state index contributed by atoms with van der Waals surface area (Å²) in [6.45, 7) is 1.92. The lowest BCUT2D eigenvalue weighted by Gasteiger charge is -2.34. The number of anilines is 1. The van der Waals surface area contributed by atoms with Crippen LogP contribution in [-0.4, -0.2) is 52.1 Å². The molecule has 0 bridgehead atoms. The lowest BCUT2D eigenvalue weighted by atomic mass is 9.85. The number of ether oxygens (including phenoxy) is 2. The van der Waals surface area contributed by atoms with Gasteiger partial charge < -0.3 is 24.3 Å². The first kappa shape index (κ1) is 26.9. The first-order valence-corrected chi connectivity index (χ1v) is 13.0. The fourth-order valence-corrected chi connectivity index (χ4v) is 6.10. The molecule has 1 amide bonds. The summed E-state index contributed by atoms with van der Waals surface area (Å²) in [4.78, 5) is 30.8. The summed E-state index contributed by atoms with van der Waals surface area (Å²) >= 11 is 0. The Morgan fingerprint density at radius 2 is 1.90 bits per heavy atom. The number of aliphatic carboxylic acids is 1. The van der Waals surface area contributed by atoms with Gasteiger partial charge in [-0.25, -0.2) is 18.6 Å². The van der Waals surface area contributed by atoms with Crippen LogP contribution in [0.4, 0.5) is 19.3 Å². The van der Waals surface area contributed by atoms with E-state index >= 15 is 4.39 Å². The maximum atomic E-state index is 15.1. The highest BCUT2D eigenvalue weighted by atomic mass is 19.2. The van der Waals surface area contributed by atoms with E-state index < -0.39 is 41.3 Å². The van der Waals surface area contributed by atoms with E-state index in [1.54, 1.807) is 21.6 Å². The van der Waals surface area contributed by atoms with E-state index in [4.69, 9.17) is 14.5 Å². The van der Waals surface area contributed by atoms with Crippen LogP contribution in [0.15, 0.2) is 24.3 Å². The number of aromatic nitrogens is 2. The average molecular weight is 544 g/mol. The number of halogens is 2. The second-order valence-electron chi connectivity index (χ2n) is 10.2. The highest BCUT2D eigenvalue weighted by Gasteiger charge is 2.36. The number of carboxylic acid groups (broad SMARTS) is 1. The highest BCUT2D eigenvalue weighted by molar-refractivity contribution is 5.95. The third-order valence-electron chi connectivity index (χ3n) is 8.04. The van der Waals surface area contributed by atoms with E-state index in [2.05, 4.69) is 0 Å². The average Bonchev–Trinajstić information content (AvgIpc) is 3.33. The Hall–Kier alpha value is -3.73. The van der Waals surface area contributed by atoms with E-state index in [-0.39, 0.29) is 23.7 Å². The van der Waals surface area contributed by atoms with Crippen LogP contribution < -0.4 is 9.64 Å². The number of hydrogen-bond acceptors (Lipinski definition) is 6. The van der Waals surface area contributed by atoms with Crippen molar-refractivity contribution in [2.24, 2.45) is 5.92 Å². The molecular formula is C28H31F2N3O6. The van der Waals surface area contributed by atoms with Crippen molar-refractivity contribution in [1.29, 1.82) is 0 Å². The minimum Gasteiger partial charge on any atom is -0.496 e. The maximum absolute atomic E-state index is 15.1. The Balaban J connectivity index is 1.74. The van der Waals surface area contributed by atoms with Crippen LogP contribution in [0.5, 0.6) is 5.75 Å². The van der Waals surface area contributed by atoms with Crippen LogP contribution in [0.1, 0.15) is 68.1 Å². The molecule has 0 spiro atoms. The minimum absolute atomic E-state index is 0.0419. The van der Waals surface area contributed by atoms with Gasteiger partial charge in [0.1, 0.15) is 17.7 Å². The van der Waals surface area contributed by atoms with Crippen molar-refractivity contribution >= 4 is 28.8 Å². The van der Waals surface area contributed by atoms with Crippen LogP contribution in [-0.2, 0) is 16.0 Å². The molecule has 39 heavy (non-hydrogen) atoms. The Bertz CT molecular complexity index is 1440. The summed E-state index contributed by atoms with van der Waals surface area (Å²) in [5.74, 6) is -3.86. The minimum atomic E-state index is -1.71. The Kier molecular flexibility index (Phi) is 7.19. The monoisotopic (exact) mass is 543 g/mol. The topological polar surface area (TPSA) is 114 Å². The molecule has 1 aliphatic heterocycles. The van der Waals surface area contributed by atoms with Gasteiger partial charge in [0.2, 0.25) is 0 Å². The smallest absolute Gasteiger partial charge is 0.414 e. The van der Waals surface area contributed by atoms with Crippen molar-refractivity contribution in [3.05, 3.63) is 52.9 Å². The van der Waals surface area contributed by atoms with Gasteiger partial charge in [0, 0.05) is 17.6 Å². The standard InChI is InChI=1S/C28H31F2N3O6/c1-14-7-8-17-19(32(14)28(37)39-3)10-11-20-24(17)31-26(33(20)16-6-4-5-15(13-16)27(35)36)25(34)22-21(38-2)12-9-18(29)23(22)30/h9-12,14-16,25,34H,4-8,13H2,1-3H3,(H,35,36). The van der Waals surface area contributed by atoms with Gasteiger partial charge in [-0.3, -0.25) is 9.69 Å². The molecule has 0 radical (unpaired) electrons. The molecule has 4 unspecified atom stereocenters. The number of fused-ring (bicyclic) bond motifs is 3. The molecule has 2 heterocycles. The number of carbonyl (C=O) groups excluding carboxylic acids is 1. The summed E-state index contributed by atoms with van der Waals surface area (Å²) in [6.07, 6.45) is 1.12. The molecule has 2 aromatic carbocycles. The predicted octanol–water partition coefficient (Wildman–Crippen LogP) is 5.13. The van der Waals surface area contributed by atoms with Gasteiger partial charge in [0.05, 0.1) is 42.4 Å². The number of carbonyl (C=O) groups is 2. The van der Waals surface area contributed by atoms with Gasteiger partial charge >= 0.3 is 12.1 Å². The fraction of sp³-hybridized carbons (Fsp3) is 0.464. The number of nitrogens with zero attached hydrogens (tertiary/aromatic N) is 3. The molecule has 3 aromatic rings. The molecule has 1 aliphatic carbocycles. The van der Waals surface area contributed by atoms with Crippen molar-refractivity contribution in [1.82, 2.24) is 9.55 Å². The SMILES string of the molecule is COC(=O)N1c2ccc3c(nc(C(O)c4c(OC)ccc(F)c4F)n3C3CCCC(C(=O)O)C3)c2CCC1C. The molecule has 1 saturated carbocycles. The second-order valence-corrected chi connectivity index (χ2v) is 10.2. The Morgan fingerprint density at radius 1 is 1.13 bits per heavy atom. The number of rotatable bonds is 5. The van der Waals surface area contributed by atoms with Gasteiger partial charge in [-0.2, -0.15) is 0 Å².